The summed E-state index contributed by atoms with van der Waals surface area (Å²) in [5.41, 5.74) is 1.33. The van der Waals surface area contributed by atoms with E-state index in [-0.39, 0.29) is 6.01 Å². The number of aryl methyl sites for hydroxylation is 1. The Morgan fingerprint density at radius 1 is 1.19 bits per heavy atom. The number of oxazole rings is 1. The van der Waals surface area contributed by atoms with Crippen molar-refractivity contribution in [2.24, 2.45) is 0 Å². The van der Waals surface area contributed by atoms with Crippen LogP contribution in [-0.2, 0) is 0 Å². The highest BCUT2D eigenvalue weighted by Gasteiger charge is 2.12. The maximum atomic E-state index is 5.24. The first-order chi connectivity index (χ1) is 7.74. The van der Waals surface area contributed by atoms with Crippen molar-refractivity contribution in [1.82, 2.24) is 15.0 Å². The number of rotatable bonds is 3. The van der Waals surface area contributed by atoms with Gasteiger partial charge in [0.1, 0.15) is 5.69 Å². The molecule has 2 heterocycles. The van der Waals surface area contributed by atoms with Gasteiger partial charge in [0.25, 0.3) is 0 Å². The van der Waals surface area contributed by atoms with E-state index in [0.717, 1.165) is 5.69 Å². The van der Waals surface area contributed by atoms with Gasteiger partial charge >= 0.3 is 6.01 Å². The van der Waals surface area contributed by atoms with E-state index in [4.69, 9.17) is 13.9 Å². The molecule has 0 unspecified atom stereocenters. The van der Waals surface area contributed by atoms with Crippen molar-refractivity contribution in [1.29, 1.82) is 0 Å². The van der Waals surface area contributed by atoms with E-state index in [2.05, 4.69) is 15.0 Å². The Bertz CT molecular complexity index is 474. The molecule has 6 nitrogen and oxygen atoms in total. The molecule has 84 valence electrons. The van der Waals surface area contributed by atoms with Crippen LogP contribution in [0.15, 0.2) is 16.9 Å². The van der Waals surface area contributed by atoms with Gasteiger partial charge in [-0.25, -0.2) is 4.98 Å². The Labute approximate surface area is 92.3 Å². The van der Waals surface area contributed by atoms with Crippen molar-refractivity contribution in [3.8, 4) is 23.3 Å². The van der Waals surface area contributed by atoms with Crippen molar-refractivity contribution in [2.45, 2.75) is 6.92 Å². The highest BCUT2D eigenvalue weighted by Crippen LogP contribution is 2.25. The molecule has 0 radical (unpaired) electrons. The summed E-state index contributed by atoms with van der Waals surface area (Å²) in [4.78, 5) is 12.1. The fraction of sp³-hybridized carbons (Fsp3) is 0.300. The van der Waals surface area contributed by atoms with E-state index in [1.54, 1.807) is 6.07 Å². The minimum atomic E-state index is 0.227. The molecule has 0 spiro atoms. The zero-order valence-corrected chi connectivity index (χ0v) is 9.22. The van der Waals surface area contributed by atoms with Gasteiger partial charge in [-0.05, 0) is 6.92 Å². The van der Waals surface area contributed by atoms with Gasteiger partial charge < -0.3 is 13.9 Å². The van der Waals surface area contributed by atoms with Crippen LogP contribution in [0.25, 0.3) is 11.5 Å². The molecule has 0 atom stereocenters. The summed E-state index contributed by atoms with van der Waals surface area (Å²) in [6.45, 7) is 1.83. The monoisotopic (exact) mass is 221 g/mol. The SMILES string of the molecule is COc1cc(-c2ocnc2C)nc(OC)n1. The molecule has 0 fully saturated rings. The number of hydrogen-bond acceptors (Lipinski definition) is 6. The Hall–Kier alpha value is -2.11. The zero-order valence-electron chi connectivity index (χ0n) is 9.22. The van der Waals surface area contributed by atoms with Crippen molar-refractivity contribution >= 4 is 0 Å². The smallest absolute Gasteiger partial charge is 0.320 e. The quantitative estimate of drug-likeness (QED) is 0.781. The maximum Gasteiger partial charge on any atom is 0.320 e. The van der Waals surface area contributed by atoms with E-state index in [9.17, 15) is 0 Å². The van der Waals surface area contributed by atoms with Crippen LogP contribution in [0.3, 0.4) is 0 Å². The molecule has 0 aliphatic rings. The first-order valence-electron chi connectivity index (χ1n) is 4.62. The lowest BCUT2D eigenvalue weighted by molar-refractivity contribution is 0.352. The Kier molecular flexibility index (Phi) is 2.72. The Balaban J connectivity index is 2.52. The Morgan fingerprint density at radius 2 is 2.00 bits per heavy atom. The molecule has 0 N–H and O–H groups in total. The third-order valence-corrected chi connectivity index (χ3v) is 2.05. The van der Waals surface area contributed by atoms with E-state index in [0.29, 0.717) is 17.3 Å². The van der Waals surface area contributed by atoms with E-state index in [1.807, 2.05) is 6.92 Å². The summed E-state index contributed by atoms with van der Waals surface area (Å²) in [5, 5.41) is 0. The van der Waals surface area contributed by atoms with Crippen LogP contribution in [0.2, 0.25) is 0 Å². The molecule has 2 rings (SSSR count). The van der Waals surface area contributed by atoms with Gasteiger partial charge in [-0.1, -0.05) is 0 Å². The van der Waals surface area contributed by atoms with Crippen LogP contribution in [0, 0.1) is 6.92 Å². The lowest BCUT2D eigenvalue weighted by Crippen LogP contribution is -1.97. The van der Waals surface area contributed by atoms with E-state index in [1.165, 1.54) is 20.6 Å². The van der Waals surface area contributed by atoms with Gasteiger partial charge in [0.05, 0.1) is 19.9 Å². The zero-order chi connectivity index (χ0) is 11.5. The summed E-state index contributed by atoms with van der Waals surface area (Å²) in [7, 11) is 3.02. The minimum absolute atomic E-state index is 0.227. The summed E-state index contributed by atoms with van der Waals surface area (Å²) >= 11 is 0. The van der Waals surface area contributed by atoms with Gasteiger partial charge in [0.15, 0.2) is 12.2 Å². The molecular weight excluding hydrogens is 210 g/mol. The van der Waals surface area contributed by atoms with Gasteiger partial charge in [0.2, 0.25) is 5.88 Å². The predicted molar refractivity (Wildman–Crippen MR) is 55.4 cm³/mol. The molecule has 16 heavy (non-hydrogen) atoms. The van der Waals surface area contributed by atoms with E-state index >= 15 is 0 Å². The van der Waals surface area contributed by atoms with E-state index < -0.39 is 0 Å². The molecule has 0 saturated carbocycles. The fourth-order valence-corrected chi connectivity index (χ4v) is 1.26. The number of ether oxygens (including phenoxy) is 2. The predicted octanol–water partition coefficient (Wildman–Crippen LogP) is 1.46. The van der Waals surface area contributed by atoms with Crippen LogP contribution in [0.5, 0.6) is 11.9 Å². The summed E-state index contributed by atoms with van der Waals surface area (Å²) < 4.78 is 15.2. The molecule has 0 aromatic carbocycles. The standard InChI is InChI=1S/C10H11N3O3/c1-6-9(16-5-11-6)7-4-8(14-2)13-10(12-7)15-3/h4-5H,1-3H3. The first-order valence-corrected chi connectivity index (χ1v) is 4.62. The molecular formula is C10H11N3O3. The topological polar surface area (TPSA) is 70.3 Å². The second-order valence-electron chi connectivity index (χ2n) is 3.05. The molecule has 0 aliphatic carbocycles. The first kappa shape index (κ1) is 10.4. The van der Waals surface area contributed by atoms with Crippen LogP contribution in [0.1, 0.15) is 5.69 Å². The van der Waals surface area contributed by atoms with Crippen LogP contribution >= 0.6 is 0 Å². The molecule has 0 aliphatic heterocycles. The number of nitrogens with zero attached hydrogens (tertiary/aromatic N) is 3. The number of hydrogen-bond donors (Lipinski definition) is 0. The van der Waals surface area contributed by atoms with Gasteiger partial charge in [-0.3, -0.25) is 0 Å². The average molecular weight is 221 g/mol. The highest BCUT2D eigenvalue weighted by molar-refractivity contribution is 5.56. The minimum Gasteiger partial charge on any atom is -0.481 e. The highest BCUT2D eigenvalue weighted by atomic mass is 16.5. The van der Waals surface area contributed by atoms with Gasteiger partial charge in [-0.15, -0.1) is 0 Å². The second kappa shape index (κ2) is 4.18. The Morgan fingerprint density at radius 3 is 2.56 bits per heavy atom. The molecule has 0 amide bonds. The largest absolute Gasteiger partial charge is 0.481 e. The number of methoxy groups -OCH3 is 2. The maximum absolute atomic E-state index is 5.24. The van der Waals surface area contributed by atoms with Crippen LogP contribution in [0.4, 0.5) is 0 Å². The molecule has 2 aromatic rings. The summed E-state index contributed by atoms with van der Waals surface area (Å²) in [6, 6.07) is 1.89. The van der Waals surface area contributed by atoms with Gasteiger partial charge in [0, 0.05) is 6.07 Å². The van der Waals surface area contributed by atoms with Crippen LogP contribution in [-0.4, -0.2) is 29.2 Å². The third-order valence-electron chi connectivity index (χ3n) is 2.05. The van der Waals surface area contributed by atoms with Crippen molar-refractivity contribution in [3.63, 3.8) is 0 Å². The fourth-order valence-electron chi connectivity index (χ4n) is 1.26. The summed E-state index contributed by atoms with van der Waals surface area (Å²) in [5.74, 6) is 0.997. The molecule has 0 saturated heterocycles. The van der Waals surface area contributed by atoms with Crippen molar-refractivity contribution < 1.29 is 13.9 Å². The average Bonchev–Trinajstić information content (AvgIpc) is 2.74. The van der Waals surface area contributed by atoms with Crippen molar-refractivity contribution in [2.75, 3.05) is 14.2 Å². The molecule has 2 aromatic heterocycles. The molecule has 0 bridgehead atoms. The normalized spacial score (nSPS) is 10.2. The second-order valence-corrected chi connectivity index (χ2v) is 3.05. The van der Waals surface area contributed by atoms with Crippen LogP contribution < -0.4 is 9.47 Å². The lowest BCUT2D eigenvalue weighted by atomic mass is 10.3. The number of aromatic nitrogens is 3. The third kappa shape index (κ3) is 1.81. The molecule has 6 heteroatoms. The van der Waals surface area contributed by atoms with Crippen molar-refractivity contribution in [3.05, 3.63) is 18.2 Å². The van der Waals surface area contributed by atoms with Gasteiger partial charge in [-0.2, -0.15) is 9.97 Å². The lowest BCUT2D eigenvalue weighted by Gasteiger charge is -2.04. The summed E-state index contributed by atoms with van der Waals surface area (Å²) in [6.07, 6.45) is 1.37.